The van der Waals surface area contributed by atoms with Gasteiger partial charge >= 0.3 is 0 Å². The molecule has 1 amide bonds. The van der Waals surface area contributed by atoms with Crippen molar-refractivity contribution < 1.29 is 17.9 Å². The van der Waals surface area contributed by atoms with E-state index in [0.717, 1.165) is 10.6 Å². The van der Waals surface area contributed by atoms with Gasteiger partial charge in [0.25, 0.3) is 0 Å². The monoisotopic (exact) mass is 347 g/mol. The van der Waals surface area contributed by atoms with Crippen LogP contribution in [-0.2, 0) is 26.0 Å². The van der Waals surface area contributed by atoms with E-state index in [1.807, 2.05) is 6.92 Å². The number of aryl methyl sites for hydroxylation is 2. The Morgan fingerprint density at radius 1 is 1.59 bits per heavy atom. The van der Waals surface area contributed by atoms with Crippen molar-refractivity contribution in [3.8, 4) is 0 Å². The molecule has 2 heterocycles. The summed E-state index contributed by atoms with van der Waals surface area (Å²) in [5.74, 6) is -0.0621. The van der Waals surface area contributed by atoms with E-state index in [9.17, 15) is 13.2 Å². The Bertz CT molecular complexity index is 615. The molecule has 0 radical (unpaired) electrons. The lowest BCUT2D eigenvalue weighted by atomic mass is 10.2. The number of rotatable bonds is 6. The zero-order chi connectivity index (χ0) is 16.2. The van der Waals surface area contributed by atoms with Gasteiger partial charge in [-0.2, -0.15) is 4.31 Å². The fourth-order valence-corrected chi connectivity index (χ4v) is 3.85. The standard InChI is InChI=1S/C13H21N3O4S2/c1-10-12(21-9-15-10)3-4-13(17)14-7-11-8-16(5-6-20-11)22(2,18)19/h9,11H,3-8H2,1-2H3,(H,14,17)/t11-/m0/s1. The van der Waals surface area contributed by atoms with E-state index < -0.39 is 10.0 Å². The Labute approximate surface area is 134 Å². The lowest BCUT2D eigenvalue weighted by Gasteiger charge is -2.31. The minimum absolute atomic E-state index is 0.0621. The lowest BCUT2D eigenvalue weighted by molar-refractivity contribution is -0.122. The predicted molar refractivity (Wildman–Crippen MR) is 84.3 cm³/mol. The third kappa shape index (κ3) is 5.01. The van der Waals surface area contributed by atoms with Gasteiger partial charge in [-0.15, -0.1) is 11.3 Å². The van der Waals surface area contributed by atoms with Crippen molar-refractivity contribution in [1.29, 1.82) is 0 Å². The lowest BCUT2D eigenvalue weighted by Crippen LogP contribution is -2.49. The molecule has 1 aromatic heterocycles. The van der Waals surface area contributed by atoms with Gasteiger partial charge in [0.05, 0.1) is 30.2 Å². The molecule has 0 unspecified atom stereocenters. The number of amides is 1. The van der Waals surface area contributed by atoms with Gasteiger partial charge in [-0.3, -0.25) is 4.79 Å². The molecule has 124 valence electrons. The summed E-state index contributed by atoms with van der Waals surface area (Å²) < 4.78 is 29.9. The van der Waals surface area contributed by atoms with Crippen LogP contribution in [0.3, 0.4) is 0 Å². The molecular formula is C13H21N3O4S2. The molecule has 1 aromatic rings. The van der Waals surface area contributed by atoms with E-state index in [1.165, 1.54) is 10.6 Å². The van der Waals surface area contributed by atoms with Crippen molar-refractivity contribution in [2.75, 3.05) is 32.5 Å². The molecule has 7 nitrogen and oxygen atoms in total. The third-order valence-electron chi connectivity index (χ3n) is 3.52. The maximum atomic E-state index is 11.9. The van der Waals surface area contributed by atoms with Gasteiger partial charge in [0, 0.05) is 30.9 Å². The Kier molecular flexibility index (Phi) is 5.90. The summed E-state index contributed by atoms with van der Waals surface area (Å²) in [5, 5.41) is 2.81. The molecule has 0 spiro atoms. The molecule has 1 atom stereocenters. The maximum Gasteiger partial charge on any atom is 0.220 e. The molecule has 0 bridgehead atoms. The minimum Gasteiger partial charge on any atom is -0.374 e. The van der Waals surface area contributed by atoms with Gasteiger partial charge in [0.1, 0.15) is 0 Å². The highest BCUT2D eigenvalue weighted by Crippen LogP contribution is 2.14. The van der Waals surface area contributed by atoms with Crippen molar-refractivity contribution in [2.45, 2.75) is 25.9 Å². The van der Waals surface area contributed by atoms with Crippen LogP contribution in [0.5, 0.6) is 0 Å². The Morgan fingerprint density at radius 2 is 2.36 bits per heavy atom. The van der Waals surface area contributed by atoms with E-state index in [0.29, 0.717) is 32.5 Å². The number of thiazole rings is 1. The van der Waals surface area contributed by atoms with Crippen molar-refractivity contribution >= 4 is 27.3 Å². The summed E-state index contributed by atoms with van der Waals surface area (Å²) in [4.78, 5) is 17.1. The molecule has 0 aromatic carbocycles. The number of nitrogens with one attached hydrogen (secondary N) is 1. The molecule has 1 N–H and O–H groups in total. The summed E-state index contributed by atoms with van der Waals surface area (Å²) in [7, 11) is -3.21. The van der Waals surface area contributed by atoms with Crippen molar-refractivity contribution in [1.82, 2.24) is 14.6 Å². The normalized spacial score (nSPS) is 20.0. The Hall–Kier alpha value is -1.03. The van der Waals surface area contributed by atoms with E-state index in [4.69, 9.17) is 4.74 Å². The predicted octanol–water partition coefficient (Wildman–Crippen LogP) is 0.161. The van der Waals surface area contributed by atoms with Crippen molar-refractivity contribution in [2.24, 2.45) is 0 Å². The summed E-state index contributed by atoms with van der Waals surface area (Å²) in [6, 6.07) is 0. The number of aromatic nitrogens is 1. The van der Waals surface area contributed by atoms with Crippen LogP contribution >= 0.6 is 11.3 Å². The summed E-state index contributed by atoms with van der Waals surface area (Å²) in [5.41, 5.74) is 2.75. The van der Waals surface area contributed by atoms with Crippen LogP contribution in [0.1, 0.15) is 17.0 Å². The molecule has 1 fully saturated rings. The Morgan fingerprint density at radius 3 is 3.00 bits per heavy atom. The number of carbonyl (C=O) groups excluding carboxylic acids is 1. The first-order valence-corrected chi connectivity index (χ1v) is 9.81. The number of hydrogen-bond donors (Lipinski definition) is 1. The molecule has 1 aliphatic rings. The molecule has 2 rings (SSSR count). The second-order valence-corrected chi connectivity index (χ2v) is 8.20. The van der Waals surface area contributed by atoms with E-state index >= 15 is 0 Å². The third-order valence-corrected chi connectivity index (χ3v) is 5.79. The second kappa shape index (κ2) is 7.49. The van der Waals surface area contributed by atoms with Crippen LogP contribution in [0.15, 0.2) is 5.51 Å². The molecule has 0 aliphatic carbocycles. The van der Waals surface area contributed by atoms with Gasteiger partial charge in [-0.25, -0.2) is 13.4 Å². The van der Waals surface area contributed by atoms with Crippen LogP contribution in [0.25, 0.3) is 0 Å². The van der Waals surface area contributed by atoms with Crippen LogP contribution in [0.4, 0.5) is 0 Å². The van der Waals surface area contributed by atoms with Gasteiger partial charge in [0.2, 0.25) is 15.9 Å². The van der Waals surface area contributed by atoms with Gasteiger partial charge in [-0.05, 0) is 13.3 Å². The number of morpholine rings is 1. The quantitative estimate of drug-likeness (QED) is 0.792. The highest BCUT2D eigenvalue weighted by Gasteiger charge is 2.26. The SMILES string of the molecule is Cc1ncsc1CCC(=O)NC[C@H]1CN(S(C)(=O)=O)CCO1. The van der Waals surface area contributed by atoms with Gasteiger partial charge < -0.3 is 10.1 Å². The molecular weight excluding hydrogens is 326 g/mol. The van der Waals surface area contributed by atoms with Crippen molar-refractivity contribution in [3.63, 3.8) is 0 Å². The van der Waals surface area contributed by atoms with Crippen LogP contribution in [0, 0.1) is 6.92 Å². The van der Waals surface area contributed by atoms with Crippen LogP contribution in [-0.4, -0.2) is 62.2 Å². The Balaban J connectivity index is 1.73. The highest BCUT2D eigenvalue weighted by atomic mass is 32.2. The summed E-state index contributed by atoms with van der Waals surface area (Å²) in [6.45, 7) is 3.26. The van der Waals surface area contributed by atoms with Crippen LogP contribution < -0.4 is 5.32 Å². The summed E-state index contributed by atoms with van der Waals surface area (Å²) >= 11 is 1.55. The van der Waals surface area contributed by atoms with E-state index in [-0.39, 0.29) is 18.6 Å². The molecule has 1 saturated heterocycles. The highest BCUT2D eigenvalue weighted by molar-refractivity contribution is 7.88. The fraction of sp³-hybridized carbons (Fsp3) is 0.692. The molecule has 22 heavy (non-hydrogen) atoms. The average molecular weight is 347 g/mol. The van der Waals surface area contributed by atoms with E-state index in [1.54, 1.807) is 16.8 Å². The van der Waals surface area contributed by atoms with Gasteiger partial charge in [0.15, 0.2) is 0 Å². The smallest absolute Gasteiger partial charge is 0.220 e. The molecule has 9 heteroatoms. The maximum absolute atomic E-state index is 11.9. The fourth-order valence-electron chi connectivity index (χ4n) is 2.23. The second-order valence-electron chi connectivity index (χ2n) is 5.28. The minimum atomic E-state index is -3.21. The molecule has 0 saturated carbocycles. The number of carbonyl (C=O) groups is 1. The topological polar surface area (TPSA) is 88.6 Å². The summed E-state index contributed by atoms with van der Waals surface area (Å²) in [6.07, 6.45) is 1.96. The van der Waals surface area contributed by atoms with Gasteiger partial charge in [-0.1, -0.05) is 0 Å². The average Bonchev–Trinajstić information content (AvgIpc) is 2.88. The first-order chi connectivity index (χ1) is 10.4. The zero-order valence-corrected chi connectivity index (χ0v) is 14.4. The zero-order valence-electron chi connectivity index (χ0n) is 12.7. The number of hydrogen-bond acceptors (Lipinski definition) is 6. The largest absolute Gasteiger partial charge is 0.374 e. The number of ether oxygens (including phenoxy) is 1. The molecule has 1 aliphatic heterocycles. The first-order valence-electron chi connectivity index (χ1n) is 7.08. The number of nitrogens with zero attached hydrogens (tertiary/aromatic N) is 2. The van der Waals surface area contributed by atoms with Crippen molar-refractivity contribution in [3.05, 3.63) is 16.1 Å². The van der Waals surface area contributed by atoms with E-state index in [2.05, 4.69) is 10.3 Å². The van der Waals surface area contributed by atoms with Crippen LogP contribution in [0.2, 0.25) is 0 Å². The first kappa shape index (κ1) is 17.3. The number of sulfonamides is 1.